The Bertz CT molecular complexity index is 579. The predicted molar refractivity (Wildman–Crippen MR) is 63.7 cm³/mol. The molecule has 0 saturated carbocycles. The number of Topliss-reactive ketones (excluding diaryl/α,β-unsaturated/α-hetero) is 1. The smallest absolute Gasteiger partial charge is 0.341 e. The number of halogens is 1. The highest BCUT2D eigenvalue weighted by molar-refractivity contribution is 6.19. The van der Waals surface area contributed by atoms with Gasteiger partial charge in [-0.25, -0.2) is 4.79 Å². The number of hydrogen-bond acceptors (Lipinski definition) is 5. The van der Waals surface area contributed by atoms with Crippen LogP contribution in [0.2, 0.25) is 0 Å². The first-order valence-corrected chi connectivity index (χ1v) is 5.12. The lowest BCUT2D eigenvalue weighted by molar-refractivity contribution is -0.387. The summed E-state index contributed by atoms with van der Waals surface area (Å²) in [7, 11) is 1.07. The molecule has 0 spiro atoms. The molecule has 0 unspecified atom stereocenters. The van der Waals surface area contributed by atoms with Crippen LogP contribution in [-0.2, 0) is 14.3 Å². The summed E-state index contributed by atoms with van der Waals surface area (Å²) in [6.07, 6.45) is 0.927. The monoisotopic (exact) mass is 267 g/mol. The van der Waals surface area contributed by atoms with Crippen molar-refractivity contribution in [3.63, 3.8) is 0 Å². The lowest BCUT2D eigenvalue weighted by Crippen LogP contribution is -2.11. The average Bonchev–Trinajstić information content (AvgIpc) is 2.35. The largest absolute Gasteiger partial charge is 0.465 e. The average molecular weight is 267 g/mol. The van der Waals surface area contributed by atoms with E-state index >= 15 is 0 Å². The maximum atomic E-state index is 13.8. The van der Waals surface area contributed by atoms with Crippen molar-refractivity contribution in [1.29, 1.82) is 0 Å². The zero-order chi connectivity index (χ0) is 14.6. The highest BCUT2D eigenvalue weighted by Gasteiger charge is 2.20. The Morgan fingerprint density at radius 1 is 1.42 bits per heavy atom. The van der Waals surface area contributed by atoms with Crippen molar-refractivity contribution < 1.29 is 23.6 Å². The third kappa shape index (κ3) is 3.21. The number of rotatable bonds is 4. The molecular formula is C12H10FNO5. The summed E-state index contributed by atoms with van der Waals surface area (Å²) in [5.41, 5.74) is -1.35. The molecule has 0 amide bonds. The van der Waals surface area contributed by atoms with Crippen molar-refractivity contribution in [3.8, 4) is 0 Å². The number of carbonyl (C=O) groups is 2. The second-order valence-corrected chi connectivity index (χ2v) is 3.54. The number of hydrogen-bond donors (Lipinski definition) is 0. The maximum Gasteiger partial charge on any atom is 0.341 e. The van der Waals surface area contributed by atoms with Gasteiger partial charge in [0.15, 0.2) is 5.78 Å². The molecule has 1 aromatic rings. The molecule has 6 nitrogen and oxygen atoms in total. The second kappa shape index (κ2) is 5.85. The van der Waals surface area contributed by atoms with Crippen LogP contribution in [0.1, 0.15) is 12.5 Å². The van der Waals surface area contributed by atoms with Crippen molar-refractivity contribution in [2.75, 3.05) is 7.11 Å². The Hall–Kier alpha value is -2.57. The first-order valence-electron chi connectivity index (χ1n) is 5.12. The van der Waals surface area contributed by atoms with Crippen LogP contribution in [0.4, 0.5) is 10.1 Å². The van der Waals surface area contributed by atoms with Crippen LogP contribution < -0.4 is 0 Å². The van der Waals surface area contributed by atoms with E-state index in [1.807, 2.05) is 0 Å². The number of ether oxygens (including phenoxy) is 1. The van der Waals surface area contributed by atoms with Gasteiger partial charge in [-0.2, -0.15) is 4.39 Å². The van der Waals surface area contributed by atoms with Crippen LogP contribution in [0, 0.1) is 15.9 Å². The highest BCUT2D eigenvalue weighted by Crippen LogP contribution is 2.22. The normalized spacial score (nSPS) is 11.0. The van der Waals surface area contributed by atoms with Gasteiger partial charge in [-0.05, 0) is 13.0 Å². The standard InChI is InChI=1S/C12H10FNO5/c1-7(15)9(12(16)19-2)6-8-4-3-5-10(11(8)13)14(17)18/h3-6H,1-2H3/b9-6+. The van der Waals surface area contributed by atoms with Gasteiger partial charge in [-0.1, -0.05) is 12.1 Å². The molecule has 0 aromatic heterocycles. The zero-order valence-corrected chi connectivity index (χ0v) is 10.2. The number of nitrogens with zero attached hydrogens (tertiary/aromatic N) is 1. The molecule has 0 heterocycles. The van der Waals surface area contributed by atoms with Crippen LogP contribution in [0.25, 0.3) is 6.08 Å². The summed E-state index contributed by atoms with van der Waals surface area (Å²) < 4.78 is 18.1. The van der Waals surface area contributed by atoms with E-state index in [4.69, 9.17) is 0 Å². The van der Waals surface area contributed by atoms with E-state index in [0.717, 1.165) is 26.2 Å². The third-order valence-electron chi connectivity index (χ3n) is 2.29. The van der Waals surface area contributed by atoms with E-state index < -0.39 is 28.2 Å². The number of nitro benzene ring substituents is 1. The quantitative estimate of drug-likeness (QED) is 0.207. The van der Waals surface area contributed by atoms with Crippen molar-refractivity contribution in [3.05, 3.63) is 45.3 Å². The van der Waals surface area contributed by atoms with Gasteiger partial charge in [0.05, 0.1) is 12.0 Å². The first kappa shape index (κ1) is 14.5. The minimum atomic E-state index is -1.12. The fourth-order valence-corrected chi connectivity index (χ4v) is 1.36. The van der Waals surface area contributed by atoms with E-state index in [1.165, 1.54) is 12.1 Å². The van der Waals surface area contributed by atoms with Crippen LogP contribution in [-0.4, -0.2) is 23.8 Å². The van der Waals surface area contributed by atoms with Crippen molar-refractivity contribution in [2.24, 2.45) is 0 Å². The molecule has 0 aliphatic carbocycles. The predicted octanol–water partition coefficient (Wildman–Crippen LogP) is 1.88. The molecular weight excluding hydrogens is 257 g/mol. The molecule has 19 heavy (non-hydrogen) atoms. The summed E-state index contributed by atoms with van der Waals surface area (Å²) in [6, 6.07) is 3.45. The summed E-state index contributed by atoms with van der Waals surface area (Å²) >= 11 is 0. The number of benzene rings is 1. The molecule has 0 radical (unpaired) electrons. The Morgan fingerprint density at radius 2 is 2.05 bits per heavy atom. The summed E-state index contributed by atoms with van der Waals surface area (Å²) in [4.78, 5) is 32.3. The second-order valence-electron chi connectivity index (χ2n) is 3.54. The maximum absolute atomic E-state index is 13.8. The molecule has 0 saturated heterocycles. The lowest BCUT2D eigenvalue weighted by Gasteiger charge is -2.02. The lowest BCUT2D eigenvalue weighted by atomic mass is 10.1. The van der Waals surface area contributed by atoms with E-state index in [0.29, 0.717) is 0 Å². The van der Waals surface area contributed by atoms with Crippen LogP contribution >= 0.6 is 0 Å². The third-order valence-corrected chi connectivity index (χ3v) is 2.29. The molecule has 0 N–H and O–H groups in total. The zero-order valence-electron chi connectivity index (χ0n) is 10.2. The molecule has 1 aromatic carbocycles. The van der Waals surface area contributed by atoms with E-state index in [9.17, 15) is 24.1 Å². The van der Waals surface area contributed by atoms with Crippen molar-refractivity contribution in [1.82, 2.24) is 0 Å². The Labute approximate surface area is 107 Å². The highest BCUT2D eigenvalue weighted by atomic mass is 19.1. The van der Waals surface area contributed by atoms with Gasteiger partial charge in [0.2, 0.25) is 5.82 Å². The van der Waals surface area contributed by atoms with Crippen molar-refractivity contribution in [2.45, 2.75) is 6.92 Å². The number of ketones is 1. The summed E-state index contributed by atoms with van der Waals surface area (Å²) in [6.45, 7) is 1.11. The van der Waals surface area contributed by atoms with Gasteiger partial charge in [-0.15, -0.1) is 0 Å². The topological polar surface area (TPSA) is 86.5 Å². The van der Waals surface area contributed by atoms with Gasteiger partial charge >= 0.3 is 11.7 Å². The van der Waals surface area contributed by atoms with Gasteiger partial charge in [0, 0.05) is 11.6 Å². The fraction of sp³-hybridized carbons (Fsp3) is 0.167. The van der Waals surface area contributed by atoms with Crippen molar-refractivity contribution >= 4 is 23.5 Å². The van der Waals surface area contributed by atoms with Crippen LogP contribution in [0.15, 0.2) is 23.8 Å². The van der Waals surface area contributed by atoms with Crippen LogP contribution in [0.5, 0.6) is 0 Å². The molecule has 100 valence electrons. The first-order chi connectivity index (χ1) is 8.88. The van der Waals surface area contributed by atoms with Gasteiger partial charge in [0.1, 0.15) is 5.57 Å². The number of nitro groups is 1. The number of carbonyl (C=O) groups excluding carboxylic acids is 2. The minimum Gasteiger partial charge on any atom is -0.465 e. The van der Waals surface area contributed by atoms with Gasteiger partial charge in [-0.3, -0.25) is 14.9 Å². The van der Waals surface area contributed by atoms with E-state index in [-0.39, 0.29) is 11.1 Å². The van der Waals surface area contributed by atoms with Crippen LogP contribution in [0.3, 0.4) is 0 Å². The Kier molecular flexibility index (Phi) is 4.46. The fourth-order valence-electron chi connectivity index (χ4n) is 1.36. The molecule has 0 aliphatic heterocycles. The molecule has 0 atom stereocenters. The minimum absolute atomic E-state index is 0.232. The Morgan fingerprint density at radius 3 is 2.53 bits per heavy atom. The van der Waals surface area contributed by atoms with Gasteiger partial charge < -0.3 is 4.74 Å². The van der Waals surface area contributed by atoms with Gasteiger partial charge in [0.25, 0.3) is 0 Å². The SMILES string of the molecule is COC(=O)/C(=C/c1cccc([N+](=O)[O-])c1F)C(C)=O. The number of esters is 1. The summed E-state index contributed by atoms with van der Waals surface area (Å²) in [5.74, 6) is -2.67. The molecule has 0 aliphatic rings. The molecule has 0 fully saturated rings. The molecule has 0 bridgehead atoms. The molecule has 7 heteroatoms. The number of methoxy groups -OCH3 is 1. The van der Waals surface area contributed by atoms with E-state index in [1.54, 1.807) is 0 Å². The molecule has 1 rings (SSSR count). The van der Waals surface area contributed by atoms with E-state index in [2.05, 4.69) is 4.74 Å². The Balaban J connectivity index is 3.37. The summed E-state index contributed by atoms with van der Waals surface area (Å²) in [5, 5.41) is 10.6.